The van der Waals surface area contributed by atoms with E-state index in [4.69, 9.17) is 4.98 Å². The maximum absolute atomic E-state index is 13.1. The van der Waals surface area contributed by atoms with Gasteiger partial charge in [-0.2, -0.15) is 13.2 Å². The van der Waals surface area contributed by atoms with Crippen molar-refractivity contribution in [3.8, 4) is 11.8 Å². The summed E-state index contributed by atoms with van der Waals surface area (Å²) in [5.41, 5.74) is 1.98. The summed E-state index contributed by atoms with van der Waals surface area (Å²) in [7, 11) is 0. The Kier molecular flexibility index (Phi) is 4.13. The van der Waals surface area contributed by atoms with Gasteiger partial charge < -0.3 is 0 Å². The minimum Gasteiger partial charge on any atom is -0.293 e. The zero-order chi connectivity index (χ0) is 21.2. The lowest BCUT2D eigenvalue weighted by Gasteiger charge is -2.60. The molecule has 2 aromatic heterocycles. The van der Waals surface area contributed by atoms with Crippen LogP contribution in [0.15, 0.2) is 48.7 Å². The second-order valence-corrected chi connectivity index (χ2v) is 8.20. The van der Waals surface area contributed by atoms with E-state index in [1.54, 1.807) is 6.07 Å². The van der Waals surface area contributed by atoms with Crippen molar-refractivity contribution < 1.29 is 13.2 Å². The lowest BCUT2D eigenvalue weighted by Crippen LogP contribution is -2.72. The SMILES string of the molecule is FC(F)(F)c1cccc(C#Cc2c(C3N4CN5CN(C4)CN3C5)nc3ccccn23)c1. The van der Waals surface area contributed by atoms with Crippen molar-refractivity contribution in [3.05, 3.63) is 71.2 Å². The largest absolute Gasteiger partial charge is 0.416 e. The van der Waals surface area contributed by atoms with Crippen LogP contribution < -0.4 is 0 Å². The van der Waals surface area contributed by atoms with Crippen LogP contribution in [0.1, 0.15) is 28.7 Å². The van der Waals surface area contributed by atoms with Crippen LogP contribution in [0.25, 0.3) is 5.65 Å². The molecule has 0 saturated carbocycles. The topological polar surface area (TPSA) is 30.3 Å². The van der Waals surface area contributed by atoms with Crippen LogP contribution in [0.5, 0.6) is 0 Å². The molecule has 4 bridgehead atoms. The number of hydrogen-bond donors (Lipinski definition) is 0. The second-order valence-electron chi connectivity index (χ2n) is 8.20. The van der Waals surface area contributed by atoms with Gasteiger partial charge in [0.05, 0.1) is 38.9 Å². The molecule has 0 atom stereocenters. The Hall–Kier alpha value is -2.90. The Morgan fingerprint density at radius 2 is 1.61 bits per heavy atom. The lowest BCUT2D eigenvalue weighted by molar-refractivity contribution is -0.234. The average molecular weight is 424 g/mol. The van der Waals surface area contributed by atoms with E-state index in [1.807, 2.05) is 28.8 Å². The predicted octanol–water partition coefficient (Wildman–Crippen LogP) is 2.79. The molecule has 0 radical (unpaired) electrons. The number of nitrogens with zero attached hydrogens (tertiary/aromatic N) is 6. The number of fused-ring (bicyclic) bond motifs is 1. The summed E-state index contributed by atoms with van der Waals surface area (Å²) in [5, 5.41) is 0. The fourth-order valence-corrected chi connectivity index (χ4v) is 4.78. The van der Waals surface area contributed by atoms with Gasteiger partial charge in [0.15, 0.2) is 0 Å². The first kappa shape index (κ1) is 18.8. The molecule has 4 aliphatic heterocycles. The fourth-order valence-electron chi connectivity index (χ4n) is 4.78. The van der Waals surface area contributed by atoms with Gasteiger partial charge in [0, 0.05) is 11.8 Å². The molecular weight excluding hydrogens is 405 g/mol. The highest BCUT2D eigenvalue weighted by atomic mass is 19.4. The number of benzene rings is 1. The Balaban J connectivity index is 1.44. The van der Waals surface area contributed by atoms with Crippen LogP contribution in [-0.4, -0.2) is 62.3 Å². The summed E-state index contributed by atoms with van der Waals surface area (Å²) in [6.07, 6.45) is -2.49. The molecule has 4 fully saturated rings. The monoisotopic (exact) mass is 424 g/mol. The molecule has 0 aliphatic carbocycles. The summed E-state index contributed by atoms with van der Waals surface area (Å²) in [6, 6.07) is 10.9. The van der Waals surface area contributed by atoms with Gasteiger partial charge in [-0.1, -0.05) is 18.1 Å². The van der Waals surface area contributed by atoms with Gasteiger partial charge >= 0.3 is 6.18 Å². The Morgan fingerprint density at radius 3 is 2.32 bits per heavy atom. The van der Waals surface area contributed by atoms with Crippen molar-refractivity contribution in [1.82, 2.24) is 29.0 Å². The van der Waals surface area contributed by atoms with Crippen LogP contribution in [0.4, 0.5) is 13.2 Å². The third kappa shape index (κ3) is 3.20. The molecule has 0 unspecified atom stereocenters. The van der Waals surface area contributed by atoms with E-state index in [2.05, 4.69) is 31.4 Å². The molecule has 7 rings (SSSR count). The van der Waals surface area contributed by atoms with Crippen LogP contribution in [0.3, 0.4) is 0 Å². The summed E-state index contributed by atoms with van der Waals surface area (Å²) in [4.78, 5) is 14.3. The zero-order valence-corrected chi connectivity index (χ0v) is 16.5. The van der Waals surface area contributed by atoms with E-state index in [-0.39, 0.29) is 6.17 Å². The minimum absolute atomic E-state index is 0.00138. The molecule has 4 aliphatic rings. The Bertz CT molecular complexity index is 1190. The highest BCUT2D eigenvalue weighted by Gasteiger charge is 2.46. The van der Waals surface area contributed by atoms with Gasteiger partial charge in [-0.15, -0.1) is 0 Å². The standard InChI is InChI=1S/C22H19F3N6/c23-22(24,25)17-5-3-4-16(10-17)7-8-18-20(26-19-6-1-2-9-31(18)19)21-29-12-27-11-28(14-29)15-30(21)13-27/h1-6,9-10,21H,11-15H2. The molecule has 31 heavy (non-hydrogen) atoms. The molecule has 0 N–H and O–H groups in total. The fraction of sp³-hybridized carbons (Fsp3) is 0.318. The summed E-state index contributed by atoms with van der Waals surface area (Å²) in [5.74, 6) is 6.09. The molecule has 9 heteroatoms. The van der Waals surface area contributed by atoms with E-state index in [1.165, 1.54) is 6.07 Å². The highest BCUT2D eigenvalue weighted by molar-refractivity contribution is 5.52. The van der Waals surface area contributed by atoms with E-state index in [0.29, 0.717) is 5.56 Å². The Labute approximate surface area is 177 Å². The molecule has 0 amide bonds. The number of alkyl halides is 3. The smallest absolute Gasteiger partial charge is 0.293 e. The number of imidazole rings is 1. The van der Waals surface area contributed by atoms with Gasteiger partial charge in [-0.25, -0.2) is 4.98 Å². The van der Waals surface area contributed by atoms with Gasteiger partial charge in [0.1, 0.15) is 23.2 Å². The molecule has 158 valence electrons. The van der Waals surface area contributed by atoms with Gasteiger partial charge in [0.25, 0.3) is 0 Å². The van der Waals surface area contributed by atoms with Crippen LogP contribution in [-0.2, 0) is 6.18 Å². The second kappa shape index (κ2) is 6.80. The Morgan fingerprint density at radius 1 is 0.871 bits per heavy atom. The normalized spacial score (nSPS) is 29.2. The van der Waals surface area contributed by atoms with E-state index in [9.17, 15) is 13.2 Å². The highest BCUT2D eigenvalue weighted by Crippen LogP contribution is 2.37. The van der Waals surface area contributed by atoms with Crippen molar-refractivity contribution in [2.45, 2.75) is 12.3 Å². The van der Waals surface area contributed by atoms with E-state index in [0.717, 1.165) is 62.5 Å². The molecule has 1 aromatic carbocycles. The summed E-state index contributed by atoms with van der Waals surface area (Å²) in [6.45, 7) is 4.45. The lowest BCUT2D eigenvalue weighted by atomic mass is 10.1. The van der Waals surface area contributed by atoms with Crippen molar-refractivity contribution in [1.29, 1.82) is 0 Å². The first-order valence-electron chi connectivity index (χ1n) is 10.0. The van der Waals surface area contributed by atoms with Crippen LogP contribution >= 0.6 is 0 Å². The van der Waals surface area contributed by atoms with Crippen LogP contribution in [0.2, 0.25) is 0 Å². The maximum atomic E-state index is 13.1. The van der Waals surface area contributed by atoms with Crippen molar-refractivity contribution >= 4 is 5.65 Å². The summed E-state index contributed by atoms with van der Waals surface area (Å²) >= 11 is 0. The number of aromatic nitrogens is 2. The zero-order valence-electron chi connectivity index (χ0n) is 16.5. The molecule has 3 aromatic rings. The molecular formula is C22H19F3N6. The molecule has 0 spiro atoms. The molecule has 6 nitrogen and oxygen atoms in total. The van der Waals surface area contributed by atoms with Crippen molar-refractivity contribution in [2.24, 2.45) is 0 Å². The van der Waals surface area contributed by atoms with Crippen molar-refractivity contribution in [2.75, 3.05) is 33.3 Å². The number of halogens is 3. The summed E-state index contributed by atoms with van der Waals surface area (Å²) < 4.78 is 41.2. The van der Waals surface area contributed by atoms with Gasteiger partial charge in [-0.05, 0) is 36.3 Å². The van der Waals surface area contributed by atoms with E-state index >= 15 is 0 Å². The van der Waals surface area contributed by atoms with Gasteiger partial charge in [0.2, 0.25) is 0 Å². The average Bonchev–Trinajstić information content (AvgIpc) is 3.09. The third-order valence-corrected chi connectivity index (χ3v) is 5.93. The molecule has 4 saturated heterocycles. The first-order chi connectivity index (χ1) is 15.0. The predicted molar refractivity (Wildman–Crippen MR) is 107 cm³/mol. The maximum Gasteiger partial charge on any atom is 0.416 e. The van der Waals surface area contributed by atoms with Crippen LogP contribution in [0, 0.1) is 11.8 Å². The number of pyridine rings is 1. The van der Waals surface area contributed by atoms with Crippen molar-refractivity contribution in [3.63, 3.8) is 0 Å². The van der Waals surface area contributed by atoms with Gasteiger partial charge in [-0.3, -0.25) is 24.0 Å². The minimum atomic E-state index is -4.39. The third-order valence-electron chi connectivity index (χ3n) is 5.93. The first-order valence-corrected chi connectivity index (χ1v) is 10.0. The van der Waals surface area contributed by atoms with E-state index < -0.39 is 11.7 Å². The number of rotatable bonds is 1. The quantitative estimate of drug-likeness (QED) is 0.561. The number of hydrogen-bond acceptors (Lipinski definition) is 5. The molecule has 6 heterocycles.